The highest BCUT2D eigenvalue weighted by atomic mass is 16.5. The Morgan fingerprint density at radius 3 is 3.00 bits per heavy atom. The van der Waals surface area contributed by atoms with E-state index in [1.54, 1.807) is 19.2 Å². The molecule has 0 spiro atoms. The molecule has 1 aromatic rings. The van der Waals surface area contributed by atoms with Crippen molar-refractivity contribution in [3.8, 4) is 0 Å². The van der Waals surface area contributed by atoms with E-state index in [2.05, 4.69) is 4.98 Å². The fourth-order valence-electron chi connectivity index (χ4n) is 1.15. The Balaban J connectivity index is 2.76. The van der Waals surface area contributed by atoms with E-state index in [0.717, 1.165) is 11.3 Å². The third-order valence-electron chi connectivity index (χ3n) is 1.92. The van der Waals surface area contributed by atoms with Gasteiger partial charge in [0.05, 0.1) is 24.4 Å². The number of hydrogen-bond acceptors (Lipinski definition) is 4. The largest absolute Gasteiger partial charge is 0.466 e. The second kappa shape index (κ2) is 4.60. The van der Waals surface area contributed by atoms with E-state index in [0.29, 0.717) is 12.3 Å². The van der Waals surface area contributed by atoms with Crippen LogP contribution < -0.4 is 5.73 Å². The summed E-state index contributed by atoms with van der Waals surface area (Å²) >= 11 is 0. The van der Waals surface area contributed by atoms with Crippen molar-refractivity contribution >= 4 is 11.7 Å². The van der Waals surface area contributed by atoms with Gasteiger partial charge in [0.2, 0.25) is 0 Å². The molecule has 1 heterocycles. The topological polar surface area (TPSA) is 65.2 Å². The zero-order valence-electron chi connectivity index (χ0n) is 8.41. The Labute approximate surface area is 83.1 Å². The summed E-state index contributed by atoms with van der Waals surface area (Å²) in [7, 11) is 0. The number of carbonyl (C=O) groups excluding carboxylic acids is 1. The van der Waals surface area contributed by atoms with Crippen LogP contribution in [-0.2, 0) is 16.0 Å². The summed E-state index contributed by atoms with van der Waals surface area (Å²) in [6, 6.07) is 1.74. The second-order valence-corrected chi connectivity index (χ2v) is 2.95. The van der Waals surface area contributed by atoms with Crippen LogP contribution in [-0.4, -0.2) is 17.6 Å². The molecule has 0 saturated heterocycles. The smallest absolute Gasteiger partial charge is 0.310 e. The maximum atomic E-state index is 11.2. The molecule has 1 aromatic heterocycles. The van der Waals surface area contributed by atoms with Gasteiger partial charge in [-0.2, -0.15) is 0 Å². The molecule has 4 nitrogen and oxygen atoms in total. The first-order chi connectivity index (χ1) is 6.65. The zero-order chi connectivity index (χ0) is 10.6. The van der Waals surface area contributed by atoms with Crippen LogP contribution in [0.3, 0.4) is 0 Å². The van der Waals surface area contributed by atoms with Crippen molar-refractivity contribution in [2.75, 3.05) is 12.3 Å². The number of hydrogen-bond donors (Lipinski definition) is 1. The Kier molecular flexibility index (Phi) is 3.45. The lowest BCUT2D eigenvalue weighted by molar-refractivity contribution is -0.142. The van der Waals surface area contributed by atoms with Crippen molar-refractivity contribution in [3.05, 3.63) is 23.5 Å². The number of nitrogen functional groups attached to an aromatic ring is 1. The lowest BCUT2D eigenvalue weighted by Crippen LogP contribution is -2.10. The Bertz CT molecular complexity index is 337. The lowest BCUT2D eigenvalue weighted by Gasteiger charge is -2.06. The molecule has 0 aliphatic carbocycles. The molecule has 0 atom stereocenters. The number of rotatable bonds is 3. The third kappa shape index (κ3) is 2.45. The van der Waals surface area contributed by atoms with Gasteiger partial charge in [0.15, 0.2) is 0 Å². The highest BCUT2D eigenvalue weighted by Gasteiger charge is 2.08. The van der Waals surface area contributed by atoms with Crippen molar-refractivity contribution in [1.29, 1.82) is 0 Å². The molecule has 0 aliphatic heterocycles. The number of anilines is 1. The van der Waals surface area contributed by atoms with Crippen LogP contribution in [0, 0.1) is 6.92 Å². The van der Waals surface area contributed by atoms with Gasteiger partial charge in [-0.3, -0.25) is 9.78 Å². The first-order valence-corrected chi connectivity index (χ1v) is 4.50. The minimum Gasteiger partial charge on any atom is -0.466 e. The molecule has 0 aromatic carbocycles. The summed E-state index contributed by atoms with van der Waals surface area (Å²) < 4.78 is 4.83. The molecule has 0 saturated carbocycles. The highest BCUT2D eigenvalue weighted by Crippen LogP contribution is 2.14. The van der Waals surface area contributed by atoms with Gasteiger partial charge in [-0.05, 0) is 25.5 Å². The van der Waals surface area contributed by atoms with Gasteiger partial charge in [0.25, 0.3) is 0 Å². The lowest BCUT2D eigenvalue weighted by atomic mass is 10.1. The normalized spacial score (nSPS) is 9.86. The minimum atomic E-state index is -0.259. The van der Waals surface area contributed by atoms with E-state index in [1.165, 1.54) is 0 Å². The van der Waals surface area contributed by atoms with Crippen molar-refractivity contribution in [1.82, 2.24) is 4.98 Å². The highest BCUT2D eigenvalue weighted by molar-refractivity contribution is 5.75. The van der Waals surface area contributed by atoms with Gasteiger partial charge < -0.3 is 10.5 Å². The Hall–Kier alpha value is -1.58. The van der Waals surface area contributed by atoms with E-state index >= 15 is 0 Å². The number of carbonyl (C=O) groups is 1. The van der Waals surface area contributed by atoms with Gasteiger partial charge in [-0.25, -0.2) is 0 Å². The van der Waals surface area contributed by atoms with Gasteiger partial charge in [0.1, 0.15) is 0 Å². The number of nitrogens with two attached hydrogens (primary N) is 1. The second-order valence-electron chi connectivity index (χ2n) is 2.95. The van der Waals surface area contributed by atoms with E-state index in [1.807, 2.05) is 6.92 Å². The van der Waals surface area contributed by atoms with Crippen LogP contribution >= 0.6 is 0 Å². The quantitative estimate of drug-likeness (QED) is 0.731. The van der Waals surface area contributed by atoms with Crippen LogP contribution in [0.1, 0.15) is 18.2 Å². The number of ether oxygens (including phenoxy) is 1. The molecule has 1 rings (SSSR count). The number of aromatic nitrogens is 1. The first kappa shape index (κ1) is 10.5. The van der Waals surface area contributed by atoms with Crippen molar-refractivity contribution in [2.45, 2.75) is 20.3 Å². The van der Waals surface area contributed by atoms with Gasteiger partial charge >= 0.3 is 5.97 Å². The standard InChI is InChI=1S/C10H14N2O2/c1-3-14-9(13)6-8-4-5-12-7(2)10(8)11/h4-5H,3,6,11H2,1-2H3. The molecule has 0 bridgehead atoms. The van der Waals surface area contributed by atoms with Gasteiger partial charge in [0, 0.05) is 6.20 Å². The minimum absolute atomic E-state index is 0.211. The Morgan fingerprint density at radius 2 is 2.36 bits per heavy atom. The predicted octanol–water partition coefficient (Wildman–Crippen LogP) is 1.08. The van der Waals surface area contributed by atoms with Crippen molar-refractivity contribution < 1.29 is 9.53 Å². The first-order valence-electron chi connectivity index (χ1n) is 4.50. The van der Waals surface area contributed by atoms with Crippen molar-refractivity contribution in [3.63, 3.8) is 0 Å². The summed E-state index contributed by atoms with van der Waals surface area (Å²) in [6.07, 6.45) is 1.85. The molecule has 2 N–H and O–H groups in total. The van der Waals surface area contributed by atoms with Crippen LogP contribution in [0.15, 0.2) is 12.3 Å². The van der Waals surface area contributed by atoms with Gasteiger partial charge in [-0.15, -0.1) is 0 Å². The molecular formula is C10H14N2O2. The zero-order valence-corrected chi connectivity index (χ0v) is 8.41. The average Bonchev–Trinajstić information content (AvgIpc) is 2.13. The average molecular weight is 194 g/mol. The number of nitrogens with zero attached hydrogens (tertiary/aromatic N) is 1. The molecule has 0 aliphatic rings. The summed E-state index contributed by atoms with van der Waals surface area (Å²) in [6.45, 7) is 3.98. The molecule has 0 unspecified atom stereocenters. The molecule has 0 fully saturated rings. The maximum Gasteiger partial charge on any atom is 0.310 e. The summed E-state index contributed by atoms with van der Waals surface area (Å²) in [5, 5.41) is 0. The molecule has 76 valence electrons. The van der Waals surface area contributed by atoms with Crippen LogP contribution in [0.4, 0.5) is 5.69 Å². The molecule has 4 heteroatoms. The fourth-order valence-corrected chi connectivity index (χ4v) is 1.15. The predicted molar refractivity (Wildman–Crippen MR) is 53.7 cm³/mol. The molecular weight excluding hydrogens is 180 g/mol. The number of pyridine rings is 1. The van der Waals surface area contributed by atoms with Gasteiger partial charge in [-0.1, -0.05) is 0 Å². The van der Waals surface area contributed by atoms with E-state index in [4.69, 9.17) is 10.5 Å². The van der Waals surface area contributed by atoms with Crippen LogP contribution in [0.5, 0.6) is 0 Å². The summed E-state index contributed by atoms with van der Waals surface area (Å²) in [5.41, 5.74) is 7.84. The number of esters is 1. The summed E-state index contributed by atoms with van der Waals surface area (Å²) in [4.78, 5) is 15.2. The monoisotopic (exact) mass is 194 g/mol. The number of aryl methyl sites for hydroxylation is 1. The maximum absolute atomic E-state index is 11.2. The van der Waals surface area contributed by atoms with E-state index in [9.17, 15) is 4.79 Å². The van der Waals surface area contributed by atoms with Crippen LogP contribution in [0.2, 0.25) is 0 Å². The van der Waals surface area contributed by atoms with Crippen molar-refractivity contribution in [2.24, 2.45) is 0 Å². The Morgan fingerprint density at radius 1 is 1.64 bits per heavy atom. The molecule has 0 radical (unpaired) electrons. The SMILES string of the molecule is CCOC(=O)Cc1ccnc(C)c1N. The summed E-state index contributed by atoms with van der Waals surface area (Å²) in [5.74, 6) is -0.259. The van der Waals surface area contributed by atoms with E-state index < -0.39 is 0 Å². The fraction of sp³-hybridized carbons (Fsp3) is 0.400. The molecule has 14 heavy (non-hydrogen) atoms. The molecule has 0 amide bonds. The third-order valence-corrected chi connectivity index (χ3v) is 1.92. The van der Waals surface area contributed by atoms with E-state index in [-0.39, 0.29) is 12.4 Å². The van der Waals surface area contributed by atoms with Crippen LogP contribution in [0.25, 0.3) is 0 Å².